The van der Waals surface area contributed by atoms with Crippen LogP contribution in [0.2, 0.25) is 0 Å². The molecule has 0 spiro atoms. The molecule has 0 aliphatic heterocycles. The van der Waals surface area contributed by atoms with Crippen molar-refractivity contribution < 1.29 is 9.90 Å². The molecule has 1 aromatic carbocycles. The summed E-state index contributed by atoms with van der Waals surface area (Å²) in [6.07, 6.45) is -1.11. The van der Waals surface area contributed by atoms with Crippen LogP contribution in [0, 0.1) is 6.92 Å². The molecule has 1 rings (SSSR count). The Balaban J connectivity index is 2.89. The van der Waals surface area contributed by atoms with Gasteiger partial charge in [-0.1, -0.05) is 23.8 Å². The first kappa shape index (κ1) is 10.9. The summed E-state index contributed by atoms with van der Waals surface area (Å²) < 4.78 is 0. The topological polar surface area (TPSA) is 63.3 Å². The van der Waals surface area contributed by atoms with Gasteiger partial charge in [-0.15, -0.1) is 0 Å². The number of aliphatic hydroxyl groups is 1. The lowest BCUT2D eigenvalue weighted by atomic mass is 10.0. The zero-order chi connectivity index (χ0) is 10.7. The average molecular weight is 193 g/mol. The van der Waals surface area contributed by atoms with Crippen LogP contribution in [0.25, 0.3) is 0 Å². The number of hydrogen-bond donors (Lipinski definition) is 2. The molecule has 2 atom stereocenters. The van der Waals surface area contributed by atoms with Gasteiger partial charge in [-0.3, -0.25) is 4.79 Å². The maximum absolute atomic E-state index is 11.6. The summed E-state index contributed by atoms with van der Waals surface area (Å²) in [5.41, 5.74) is 6.94. The summed E-state index contributed by atoms with van der Waals surface area (Å²) in [4.78, 5) is 11.6. The highest BCUT2D eigenvalue weighted by Gasteiger charge is 2.20. The fraction of sp³-hybridized carbons (Fsp3) is 0.364. The number of rotatable bonds is 3. The van der Waals surface area contributed by atoms with E-state index < -0.39 is 12.1 Å². The second-order valence-corrected chi connectivity index (χ2v) is 3.54. The molecule has 2 unspecified atom stereocenters. The van der Waals surface area contributed by atoms with E-state index in [-0.39, 0.29) is 5.78 Å². The fourth-order valence-electron chi connectivity index (χ4n) is 1.21. The summed E-state index contributed by atoms with van der Waals surface area (Å²) in [6.45, 7) is 3.51. The Kier molecular flexibility index (Phi) is 3.38. The van der Waals surface area contributed by atoms with Gasteiger partial charge in [-0.05, 0) is 19.9 Å². The molecule has 0 heterocycles. The van der Waals surface area contributed by atoms with Gasteiger partial charge in [0.15, 0.2) is 5.78 Å². The van der Waals surface area contributed by atoms with E-state index in [1.54, 1.807) is 25.1 Å². The van der Waals surface area contributed by atoms with E-state index in [0.29, 0.717) is 5.56 Å². The van der Waals surface area contributed by atoms with Crippen molar-refractivity contribution in [2.75, 3.05) is 0 Å². The second kappa shape index (κ2) is 4.35. The molecule has 0 aliphatic rings. The first-order valence-corrected chi connectivity index (χ1v) is 4.57. The minimum atomic E-state index is -1.11. The van der Waals surface area contributed by atoms with E-state index in [0.717, 1.165) is 5.56 Å². The number of Topliss-reactive ketones (excluding diaryl/α,β-unsaturated/α-hetero) is 1. The highest BCUT2D eigenvalue weighted by molar-refractivity contribution is 5.99. The molecule has 0 bridgehead atoms. The highest BCUT2D eigenvalue weighted by atomic mass is 16.3. The number of aryl methyl sites for hydroxylation is 1. The Morgan fingerprint density at radius 2 is 2.14 bits per heavy atom. The molecule has 0 radical (unpaired) electrons. The third-order valence-electron chi connectivity index (χ3n) is 2.07. The Labute approximate surface area is 83.6 Å². The number of aliphatic hydroxyl groups excluding tert-OH is 1. The third kappa shape index (κ3) is 2.40. The minimum Gasteiger partial charge on any atom is -0.383 e. The van der Waals surface area contributed by atoms with E-state index in [1.165, 1.54) is 0 Å². The molecule has 3 N–H and O–H groups in total. The van der Waals surface area contributed by atoms with Crippen LogP contribution < -0.4 is 5.73 Å². The zero-order valence-electron chi connectivity index (χ0n) is 8.40. The van der Waals surface area contributed by atoms with Crippen molar-refractivity contribution in [1.82, 2.24) is 0 Å². The standard InChI is InChI=1S/C11H15NO2/c1-7-4-3-5-9(6-7)11(14)10(13)8(2)12/h3-6,8,10,13H,12H2,1-2H3. The van der Waals surface area contributed by atoms with Gasteiger partial charge >= 0.3 is 0 Å². The quantitative estimate of drug-likeness (QED) is 0.700. The number of ketones is 1. The predicted octanol–water partition coefficient (Wildman–Crippen LogP) is 0.886. The van der Waals surface area contributed by atoms with Gasteiger partial charge in [0.25, 0.3) is 0 Å². The summed E-state index contributed by atoms with van der Waals surface area (Å²) in [6, 6.07) is 6.57. The van der Waals surface area contributed by atoms with Gasteiger partial charge in [0.05, 0.1) is 0 Å². The highest BCUT2D eigenvalue weighted by Crippen LogP contribution is 2.08. The van der Waals surface area contributed by atoms with Crippen LogP contribution in [0.4, 0.5) is 0 Å². The maximum atomic E-state index is 11.6. The van der Waals surface area contributed by atoms with Crippen molar-refractivity contribution in [3.05, 3.63) is 35.4 Å². The number of carbonyl (C=O) groups excluding carboxylic acids is 1. The van der Waals surface area contributed by atoms with Crippen LogP contribution in [0.5, 0.6) is 0 Å². The van der Waals surface area contributed by atoms with Crippen molar-refractivity contribution in [2.24, 2.45) is 5.73 Å². The first-order chi connectivity index (χ1) is 6.52. The zero-order valence-corrected chi connectivity index (χ0v) is 8.40. The molecular weight excluding hydrogens is 178 g/mol. The van der Waals surface area contributed by atoms with Gasteiger partial charge in [0.2, 0.25) is 0 Å². The second-order valence-electron chi connectivity index (χ2n) is 3.54. The third-order valence-corrected chi connectivity index (χ3v) is 2.07. The van der Waals surface area contributed by atoms with Gasteiger partial charge < -0.3 is 10.8 Å². The molecule has 3 heteroatoms. The lowest BCUT2D eigenvalue weighted by Crippen LogP contribution is -2.38. The Morgan fingerprint density at radius 3 is 2.64 bits per heavy atom. The average Bonchev–Trinajstić information content (AvgIpc) is 2.15. The van der Waals surface area contributed by atoms with E-state index in [1.807, 2.05) is 13.0 Å². The Morgan fingerprint density at radius 1 is 1.50 bits per heavy atom. The lowest BCUT2D eigenvalue weighted by Gasteiger charge is -2.13. The van der Waals surface area contributed by atoms with Crippen molar-refractivity contribution in [1.29, 1.82) is 0 Å². The van der Waals surface area contributed by atoms with Crippen molar-refractivity contribution in [3.8, 4) is 0 Å². The fourth-order valence-corrected chi connectivity index (χ4v) is 1.21. The largest absolute Gasteiger partial charge is 0.383 e. The van der Waals surface area contributed by atoms with Crippen molar-refractivity contribution in [2.45, 2.75) is 26.0 Å². The summed E-state index contributed by atoms with van der Waals surface area (Å²) in [7, 11) is 0. The summed E-state index contributed by atoms with van der Waals surface area (Å²) >= 11 is 0. The van der Waals surface area contributed by atoms with Crippen LogP contribution in [-0.2, 0) is 0 Å². The molecule has 76 valence electrons. The number of carbonyl (C=O) groups is 1. The summed E-state index contributed by atoms with van der Waals surface area (Å²) in [5, 5.41) is 9.46. The molecule has 0 fully saturated rings. The van der Waals surface area contributed by atoms with E-state index in [4.69, 9.17) is 5.73 Å². The molecule has 0 aliphatic carbocycles. The number of benzene rings is 1. The smallest absolute Gasteiger partial charge is 0.192 e. The van der Waals surface area contributed by atoms with E-state index >= 15 is 0 Å². The van der Waals surface area contributed by atoms with Gasteiger partial charge in [-0.2, -0.15) is 0 Å². The van der Waals surface area contributed by atoms with Crippen LogP contribution in [-0.4, -0.2) is 23.0 Å². The molecule has 0 saturated carbocycles. The maximum Gasteiger partial charge on any atom is 0.192 e. The summed E-state index contributed by atoms with van der Waals surface area (Å²) in [5.74, 6) is -0.316. The minimum absolute atomic E-state index is 0.316. The number of nitrogens with two attached hydrogens (primary N) is 1. The first-order valence-electron chi connectivity index (χ1n) is 4.57. The monoisotopic (exact) mass is 193 g/mol. The SMILES string of the molecule is Cc1cccc(C(=O)C(O)C(C)N)c1. The molecule has 3 nitrogen and oxygen atoms in total. The van der Waals surface area contributed by atoms with Crippen LogP contribution in [0.15, 0.2) is 24.3 Å². The van der Waals surface area contributed by atoms with Crippen LogP contribution >= 0.6 is 0 Å². The molecule has 14 heavy (non-hydrogen) atoms. The normalized spacial score (nSPS) is 14.9. The molecular formula is C11H15NO2. The molecule has 0 amide bonds. The van der Waals surface area contributed by atoms with Gasteiger partial charge in [0.1, 0.15) is 6.10 Å². The molecule has 1 aromatic rings. The van der Waals surface area contributed by atoms with Crippen LogP contribution in [0.3, 0.4) is 0 Å². The van der Waals surface area contributed by atoms with Gasteiger partial charge in [-0.25, -0.2) is 0 Å². The molecule has 0 saturated heterocycles. The van der Waals surface area contributed by atoms with Crippen molar-refractivity contribution >= 4 is 5.78 Å². The molecule has 0 aromatic heterocycles. The number of hydrogen-bond acceptors (Lipinski definition) is 3. The predicted molar refractivity (Wildman–Crippen MR) is 55.2 cm³/mol. The Bertz CT molecular complexity index is 334. The van der Waals surface area contributed by atoms with Crippen LogP contribution in [0.1, 0.15) is 22.8 Å². The van der Waals surface area contributed by atoms with E-state index in [2.05, 4.69) is 0 Å². The van der Waals surface area contributed by atoms with E-state index in [9.17, 15) is 9.90 Å². The lowest BCUT2D eigenvalue weighted by molar-refractivity contribution is 0.0707. The Hall–Kier alpha value is -1.19. The van der Waals surface area contributed by atoms with Crippen molar-refractivity contribution in [3.63, 3.8) is 0 Å². The van der Waals surface area contributed by atoms with Gasteiger partial charge in [0, 0.05) is 11.6 Å².